The lowest BCUT2D eigenvalue weighted by Crippen LogP contribution is -2.49. The number of ether oxygens (including phenoxy) is 1. The zero-order chi connectivity index (χ0) is 14.2. The third-order valence-electron chi connectivity index (χ3n) is 2.96. The van der Waals surface area contributed by atoms with Gasteiger partial charge < -0.3 is 25.8 Å². The summed E-state index contributed by atoms with van der Waals surface area (Å²) in [7, 11) is 0. The number of nitrogens with two attached hydrogens (primary N) is 1. The largest absolute Gasteiger partial charge is 0.394 e. The number of nitrogens with zero attached hydrogens (tertiary/aromatic N) is 3. The maximum atomic E-state index is 11.7. The molecule has 1 fully saturated rings. The standard InChI is InChI=1S/C10H12N4O5/c11-4-10(8(17)7(16)5(3-15)19-10)14-2-1-6(12)13-9(14)18/h1-2,5,7-8,15-17H,3H2,(H2,12,13,18)/t5-,7+,8?,10-/m1/s1. The molecule has 0 spiro atoms. The van der Waals surface area contributed by atoms with Gasteiger partial charge in [-0.25, -0.2) is 4.79 Å². The Bertz CT molecular complexity index is 582. The van der Waals surface area contributed by atoms with Crippen LogP contribution in [0.4, 0.5) is 5.82 Å². The van der Waals surface area contributed by atoms with Crippen molar-refractivity contribution >= 4 is 5.82 Å². The van der Waals surface area contributed by atoms with Crippen molar-refractivity contribution in [2.24, 2.45) is 0 Å². The Balaban J connectivity index is 2.56. The highest BCUT2D eigenvalue weighted by molar-refractivity contribution is 5.25. The van der Waals surface area contributed by atoms with Crippen molar-refractivity contribution in [3.05, 3.63) is 22.7 Å². The maximum absolute atomic E-state index is 11.7. The fourth-order valence-corrected chi connectivity index (χ4v) is 1.96. The van der Waals surface area contributed by atoms with Gasteiger partial charge in [-0.05, 0) is 6.07 Å². The highest BCUT2D eigenvalue weighted by atomic mass is 16.6. The van der Waals surface area contributed by atoms with E-state index in [0.29, 0.717) is 0 Å². The average Bonchev–Trinajstić information content (AvgIpc) is 2.64. The lowest BCUT2D eigenvalue weighted by atomic mass is 10.0. The summed E-state index contributed by atoms with van der Waals surface area (Å²) in [6, 6.07) is 2.88. The van der Waals surface area contributed by atoms with E-state index in [4.69, 9.17) is 15.6 Å². The van der Waals surface area contributed by atoms with Gasteiger partial charge in [0.25, 0.3) is 5.72 Å². The monoisotopic (exact) mass is 268 g/mol. The molecule has 2 heterocycles. The molecule has 0 saturated carbocycles. The van der Waals surface area contributed by atoms with Crippen molar-refractivity contribution in [1.82, 2.24) is 9.55 Å². The number of anilines is 1. The lowest BCUT2D eigenvalue weighted by Gasteiger charge is -2.26. The molecule has 1 aliphatic heterocycles. The first-order valence-corrected chi connectivity index (χ1v) is 5.38. The van der Waals surface area contributed by atoms with Crippen LogP contribution in [0.3, 0.4) is 0 Å². The highest BCUT2D eigenvalue weighted by Crippen LogP contribution is 2.34. The summed E-state index contributed by atoms with van der Waals surface area (Å²) in [6.45, 7) is -0.612. The Morgan fingerprint density at radius 3 is 2.79 bits per heavy atom. The Kier molecular flexibility index (Phi) is 3.25. The molecule has 0 radical (unpaired) electrons. The topological polar surface area (TPSA) is 155 Å². The number of aliphatic hydroxyl groups is 3. The molecule has 1 saturated heterocycles. The van der Waals surface area contributed by atoms with E-state index in [0.717, 1.165) is 10.8 Å². The molecule has 4 atom stereocenters. The second kappa shape index (κ2) is 4.60. The molecule has 5 N–H and O–H groups in total. The van der Waals surface area contributed by atoms with Crippen LogP contribution in [0.5, 0.6) is 0 Å². The molecule has 19 heavy (non-hydrogen) atoms. The molecule has 102 valence electrons. The van der Waals surface area contributed by atoms with Gasteiger partial charge in [0.1, 0.15) is 30.2 Å². The Morgan fingerprint density at radius 1 is 1.63 bits per heavy atom. The molecular weight excluding hydrogens is 256 g/mol. The number of hydrogen-bond donors (Lipinski definition) is 4. The van der Waals surface area contributed by atoms with Crippen LogP contribution in [0.15, 0.2) is 17.1 Å². The SMILES string of the molecule is N#C[C@@]1(n2ccc(N)nc2=O)O[C@H](CO)[C@H](O)C1O. The van der Waals surface area contributed by atoms with E-state index >= 15 is 0 Å². The molecule has 0 amide bonds. The minimum atomic E-state index is -2.15. The Morgan fingerprint density at radius 2 is 2.32 bits per heavy atom. The van der Waals surface area contributed by atoms with E-state index < -0.39 is 36.3 Å². The number of hydrogen-bond acceptors (Lipinski definition) is 8. The maximum Gasteiger partial charge on any atom is 0.352 e. The van der Waals surface area contributed by atoms with E-state index in [-0.39, 0.29) is 5.82 Å². The molecule has 2 rings (SSSR count). The molecule has 1 unspecified atom stereocenters. The van der Waals surface area contributed by atoms with E-state index in [1.807, 2.05) is 0 Å². The predicted octanol–water partition coefficient (Wildman–Crippen LogP) is -2.89. The van der Waals surface area contributed by atoms with Crippen molar-refractivity contribution in [2.75, 3.05) is 12.3 Å². The third-order valence-corrected chi connectivity index (χ3v) is 2.96. The molecule has 1 aromatic rings. The van der Waals surface area contributed by atoms with Crippen LogP contribution in [0.25, 0.3) is 0 Å². The summed E-state index contributed by atoms with van der Waals surface area (Å²) in [5, 5.41) is 37.8. The van der Waals surface area contributed by atoms with Gasteiger partial charge in [-0.15, -0.1) is 0 Å². The van der Waals surface area contributed by atoms with E-state index in [1.165, 1.54) is 6.07 Å². The molecule has 9 heteroatoms. The number of rotatable bonds is 2. The number of aromatic nitrogens is 2. The van der Waals surface area contributed by atoms with Crippen molar-refractivity contribution in [2.45, 2.75) is 24.0 Å². The second-order valence-electron chi connectivity index (χ2n) is 4.09. The quantitative estimate of drug-likeness (QED) is 0.445. The van der Waals surface area contributed by atoms with Gasteiger partial charge >= 0.3 is 5.69 Å². The van der Waals surface area contributed by atoms with E-state index in [2.05, 4.69) is 4.98 Å². The summed E-state index contributed by atoms with van der Waals surface area (Å²) < 4.78 is 5.88. The van der Waals surface area contributed by atoms with Crippen LogP contribution in [-0.2, 0) is 10.5 Å². The number of nitrogen functional groups attached to an aromatic ring is 1. The second-order valence-corrected chi connectivity index (χ2v) is 4.09. The average molecular weight is 268 g/mol. The minimum absolute atomic E-state index is 0.0546. The molecule has 0 aromatic carbocycles. The molecular formula is C10H12N4O5. The van der Waals surface area contributed by atoms with Gasteiger partial charge in [0.05, 0.1) is 6.61 Å². The van der Waals surface area contributed by atoms with Gasteiger partial charge in [0, 0.05) is 6.20 Å². The van der Waals surface area contributed by atoms with Crippen molar-refractivity contribution in [3.63, 3.8) is 0 Å². The number of nitriles is 1. The highest BCUT2D eigenvalue weighted by Gasteiger charge is 2.56. The van der Waals surface area contributed by atoms with Gasteiger partial charge in [-0.1, -0.05) is 0 Å². The van der Waals surface area contributed by atoms with Gasteiger partial charge in [0.2, 0.25) is 0 Å². The zero-order valence-electron chi connectivity index (χ0n) is 9.67. The molecule has 1 aliphatic rings. The summed E-state index contributed by atoms with van der Waals surface area (Å²) in [5.74, 6) is -0.0546. The van der Waals surface area contributed by atoms with Gasteiger partial charge in [-0.3, -0.25) is 4.57 Å². The molecule has 0 aliphatic carbocycles. The summed E-state index contributed by atoms with van der Waals surface area (Å²) in [5.41, 5.74) is 2.27. The minimum Gasteiger partial charge on any atom is -0.394 e. The van der Waals surface area contributed by atoms with Crippen LogP contribution < -0.4 is 11.4 Å². The Labute approximate surface area is 107 Å². The fourth-order valence-electron chi connectivity index (χ4n) is 1.96. The van der Waals surface area contributed by atoms with Gasteiger partial charge in [0.15, 0.2) is 0 Å². The van der Waals surface area contributed by atoms with Crippen LogP contribution in [0.2, 0.25) is 0 Å². The van der Waals surface area contributed by atoms with Crippen LogP contribution >= 0.6 is 0 Å². The van der Waals surface area contributed by atoms with Gasteiger partial charge in [-0.2, -0.15) is 10.2 Å². The first-order chi connectivity index (χ1) is 8.96. The molecule has 1 aromatic heterocycles. The number of aliphatic hydroxyl groups excluding tert-OH is 3. The van der Waals surface area contributed by atoms with Crippen LogP contribution in [-0.4, -0.2) is 49.8 Å². The van der Waals surface area contributed by atoms with E-state index in [9.17, 15) is 20.3 Å². The molecule has 9 nitrogen and oxygen atoms in total. The van der Waals surface area contributed by atoms with E-state index in [1.54, 1.807) is 6.07 Å². The van der Waals surface area contributed by atoms with Crippen molar-refractivity contribution in [3.8, 4) is 6.07 Å². The third kappa shape index (κ3) is 1.87. The van der Waals surface area contributed by atoms with Crippen LogP contribution in [0, 0.1) is 11.3 Å². The first-order valence-electron chi connectivity index (χ1n) is 5.38. The summed E-state index contributed by atoms with van der Waals surface area (Å²) in [4.78, 5) is 15.1. The first kappa shape index (κ1) is 13.4. The van der Waals surface area contributed by atoms with Crippen molar-refractivity contribution in [1.29, 1.82) is 5.26 Å². The normalized spacial score (nSPS) is 34.1. The lowest BCUT2D eigenvalue weighted by molar-refractivity contribution is -0.109. The Hall–Kier alpha value is -1.99. The van der Waals surface area contributed by atoms with Crippen LogP contribution in [0.1, 0.15) is 0 Å². The fraction of sp³-hybridized carbons (Fsp3) is 0.500. The predicted molar refractivity (Wildman–Crippen MR) is 60.5 cm³/mol. The summed E-state index contributed by atoms with van der Waals surface area (Å²) >= 11 is 0. The summed E-state index contributed by atoms with van der Waals surface area (Å²) in [6.07, 6.45) is -3.27. The van der Waals surface area contributed by atoms with Crippen molar-refractivity contribution < 1.29 is 20.1 Å². The zero-order valence-corrected chi connectivity index (χ0v) is 9.67. The smallest absolute Gasteiger partial charge is 0.352 e. The molecule has 0 bridgehead atoms.